The topological polar surface area (TPSA) is 75.7 Å². The maximum Gasteiger partial charge on any atom is 0.243 e. The first-order chi connectivity index (χ1) is 15.5. The van der Waals surface area contributed by atoms with E-state index in [1.54, 1.807) is 6.07 Å². The van der Waals surface area contributed by atoms with E-state index in [1.807, 2.05) is 13.8 Å². The SMILES string of the molecule is CCOc1ccc(S(=O)(=O)N2CCC(C(=O)N[C@@H](C)c3cc(C)c(C)cc3C)CC2)cc1Cl. The minimum atomic E-state index is -3.68. The summed E-state index contributed by atoms with van der Waals surface area (Å²) in [6.45, 7) is 11.1. The quantitative estimate of drug-likeness (QED) is 0.593. The zero-order chi connectivity index (χ0) is 24.3. The van der Waals surface area contributed by atoms with Gasteiger partial charge in [-0.25, -0.2) is 8.42 Å². The number of benzene rings is 2. The summed E-state index contributed by atoms with van der Waals surface area (Å²) in [5, 5.41) is 3.39. The molecule has 1 aliphatic heterocycles. The summed E-state index contributed by atoms with van der Waals surface area (Å²) in [5.41, 5.74) is 4.70. The molecule has 0 aromatic heterocycles. The molecule has 2 aromatic rings. The molecule has 2 aromatic carbocycles. The number of aryl methyl sites for hydroxylation is 3. The Morgan fingerprint density at radius 1 is 1.12 bits per heavy atom. The van der Waals surface area contributed by atoms with Gasteiger partial charge in [0.1, 0.15) is 5.75 Å². The fourth-order valence-electron chi connectivity index (χ4n) is 4.28. The number of ether oxygens (including phenoxy) is 1. The molecule has 180 valence electrons. The molecule has 0 bridgehead atoms. The summed E-state index contributed by atoms with van der Waals surface area (Å²) < 4.78 is 33.0. The lowest BCUT2D eigenvalue weighted by molar-refractivity contribution is -0.126. The van der Waals surface area contributed by atoms with Crippen molar-refractivity contribution in [1.82, 2.24) is 9.62 Å². The van der Waals surface area contributed by atoms with Crippen LogP contribution in [0, 0.1) is 26.7 Å². The monoisotopic (exact) mass is 492 g/mol. The van der Waals surface area contributed by atoms with Crippen molar-refractivity contribution in [3.05, 3.63) is 57.6 Å². The first kappa shape index (κ1) is 25.5. The van der Waals surface area contributed by atoms with Gasteiger partial charge in [-0.1, -0.05) is 23.7 Å². The van der Waals surface area contributed by atoms with Crippen molar-refractivity contribution in [2.24, 2.45) is 5.92 Å². The number of carbonyl (C=O) groups is 1. The van der Waals surface area contributed by atoms with Crippen molar-refractivity contribution < 1.29 is 17.9 Å². The van der Waals surface area contributed by atoms with Gasteiger partial charge in [0.05, 0.1) is 22.6 Å². The molecule has 1 heterocycles. The molecule has 3 rings (SSSR count). The van der Waals surface area contributed by atoms with Crippen LogP contribution in [0.15, 0.2) is 35.2 Å². The number of nitrogens with one attached hydrogen (secondary N) is 1. The van der Waals surface area contributed by atoms with Crippen molar-refractivity contribution in [2.75, 3.05) is 19.7 Å². The second-order valence-corrected chi connectivity index (χ2v) is 11.1. The molecule has 1 atom stereocenters. The Labute approximate surface area is 202 Å². The van der Waals surface area contributed by atoms with Crippen LogP contribution >= 0.6 is 11.6 Å². The average Bonchev–Trinajstić information content (AvgIpc) is 2.77. The molecular formula is C25H33ClN2O4S. The number of carbonyl (C=O) groups excluding carboxylic acids is 1. The maximum atomic E-state index is 13.1. The predicted molar refractivity (Wildman–Crippen MR) is 131 cm³/mol. The highest BCUT2D eigenvalue weighted by Crippen LogP contribution is 2.31. The molecule has 0 saturated carbocycles. The van der Waals surface area contributed by atoms with Gasteiger partial charge in [-0.05, 0) is 87.9 Å². The van der Waals surface area contributed by atoms with Crippen LogP contribution < -0.4 is 10.1 Å². The van der Waals surface area contributed by atoms with Crippen LogP contribution in [0.4, 0.5) is 0 Å². The van der Waals surface area contributed by atoms with E-state index in [0.717, 1.165) is 11.1 Å². The smallest absolute Gasteiger partial charge is 0.243 e. The zero-order valence-electron chi connectivity index (χ0n) is 19.9. The van der Waals surface area contributed by atoms with Gasteiger partial charge in [0.2, 0.25) is 15.9 Å². The molecule has 1 fully saturated rings. The van der Waals surface area contributed by atoms with E-state index in [2.05, 4.69) is 38.2 Å². The van der Waals surface area contributed by atoms with Gasteiger partial charge in [0.15, 0.2) is 0 Å². The Balaban J connectivity index is 1.62. The van der Waals surface area contributed by atoms with Crippen molar-refractivity contribution >= 4 is 27.5 Å². The molecule has 1 aliphatic rings. The highest BCUT2D eigenvalue weighted by Gasteiger charge is 2.33. The summed E-state index contributed by atoms with van der Waals surface area (Å²) in [5.74, 6) is 0.220. The number of nitrogens with zero attached hydrogens (tertiary/aromatic N) is 1. The van der Waals surface area contributed by atoms with Crippen LogP contribution in [0.1, 0.15) is 55.0 Å². The van der Waals surface area contributed by atoms with E-state index < -0.39 is 10.0 Å². The fraction of sp³-hybridized carbons (Fsp3) is 0.480. The van der Waals surface area contributed by atoms with E-state index >= 15 is 0 Å². The zero-order valence-corrected chi connectivity index (χ0v) is 21.5. The summed E-state index contributed by atoms with van der Waals surface area (Å²) in [6, 6.07) is 8.68. The number of piperidine rings is 1. The highest BCUT2D eigenvalue weighted by atomic mass is 35.5. The molecule has 0 unspecified atom stereocenters. The Bertz CT molecular complexity index is 1130. The van der Waals surface area contributed by atoms with E-state index in [0.29, 0.717) is 38.3 Å². The molecule has 6 nitrogen and oxygen atoms in total. The second kappa shape index (κ2) is 10.5. The maximum absolute atomic E-state index is 13.1. The highest BCUT2D eigenvalue weighted by molar-refractivity contribution is 7.89. The molecule has 0 radical (unpaired) electrons. The van der Waals surface area contributed by atoms with Crippen LogP contribution in [0.2, 0.25) is 5.02 Å². The number of hydrogen-bond acceptors (Lipinski definition) is 4. The minimum Gasteiger partial charge on any atom is -0.492 e. The van der Waals surface area contributed by atoms with Crippen molar-refractivity contribution in [3.8, 4) is 5.75 Å². The number of rotatable bonds is 7. The number of hydrogen-bond donors (Lipinski definition) is 1. The molecular weight excluding hydrogens is 460 g/mol. The largest absolute Gasteiger partial charge is 0.492 e. The third-order valence-corrected chi connectivity index (χ3v) is 8.56. The van der Waals surface area contributed by atoms with Crippen molar-refractivity contribution in [3.63, 3.8) is 0 Å². The molecule has 0 spiro atoms. The molecule has 1 saturated heterocycles. The van der Waals surface area contributed by atoms with E-state index in [4.69, 9.17) is 16.3 Å². The van der Waals surface area contributed by atoms with Crippen molar-refractivity contribution in [2.45, 2.75) is 58.4 Å². The molecule has 1 amide bonds. The summed E-state index contributed by atoms with van der Waals surface area (Å²) in [7, 11) is -3.68. The molecule has 8 heteroatoms. The van der Waals surface area contributed by atoms with Gasteiger partial charge in [-0.3, -0.25) is 4.79 Å². The van der Waals surface area contributed by atoms with E-state index in [9.17, 15) is 13.2 Å². The standard InChI is InChI=1S/C25H33ClN2O4S/c1-6-32-24-8-7-21(15-23(24)26)33(30,31)28-11-9-20(10-12-28)25(29)27-19(5)22-14-17(3)16(2)13-18(22)4/h7-8,13-15,19-20H,6,9-12H2,1-5H3,(H,27,29)/t19-/m0/s1. The van der Waals surface area contributed by atoms with Gasteiger partial charge < -0.3 is 10.1 Å². The number of amides is 1. The third kappa shape index (κ3) is 5.70. The lowest BCUT2D eigenvalue weighted by Crippen LogP contribution is -2.43. The molecule has 33 heavy (non-hydrogen) atoms. The third-order valence-electron chi connectivity index (χ3n) is 6.37. The predicted octanol–water partition coefficient (Wildman–Crippen LogP) is 4.94. The van der Waals surface area contributed by atoms with Crippen LogP contribution in [0.3, 0.4) is 0 Å². The summed E-state index contributed by atoms with van der Waals surface area (Å²) in [6.07, 6.45) is 0.961. The minimum absolute atomic E-state index is 0.0266. The van der Waals surface area contributed by atoms with Gasteiger partial charge >= 0.3 is 0 Å². The van der Waals surface area contributed by atoms with Gasteiger partial charge in [-0.15, -0.1) is 0 Å². The molecule has 0 aliphatic carbocycles. The Kier molecular flexibility index (Phi) is 8.08. The summed E-state index contributed by atoms with van der Waals surface area (Å²) >= 11 is 6.19. The first-order valence-corrected chi connectivity index (χ1v) is 13.2. The van der Waals surface area contributed by atoms with Crippen LogP contribution in [0.5, 0.6) is 5.75 Å². The van der Waals surface area contributed by atoms with E-state index in [-0.39, 0.29) is 27.8 Å². The number of sulfonamides is 1. The Morgan fingerprint density at radius 2 is 1.76 bits per heavy atom. The van der Waals surface area contributed by atoms with Gasteiger partial charge in [-0.2, -0.15) is 4.31 Å². The van der Waals surface area contributed by atoms with Gasteiger partial charge in [0, 0.05) is 19.0 Å². The van der Waals surface area contributed by atoms with Crippen molar-refractivity contribution in [1.29, 1.82) is 0 Å². The van der Waals surface area contributed by atoms with E-state index in [1.165, 1.54) is 27.6 Å². The first-order valence-electron chi connectivity index (χ1n) is 11.3. The fourth-order valence-corrected chi connectivity index (χ4v) is 6.08. The molecule has 1 N–H and O–H groups in total. The van der Waals surface area contributed by atoms with Crippen LogP contribution in [-0.2, 0) is 14.8 Å². The second-order valence-electron chi connectivity index (χ2n) is 8.73. The normalized spacial score (nSPS) is 16.4. The summed E-state index contributed by atoms with van der Waals surface area (Å²) in [4.78, 5) is 13.0. The Morgan fingerprint density at radius 3 is 2.36 bits per heavy atom. The Hall–Kier alpha value is -2.09. The lowest BCUT2D eigenvalue weighted by atomic mass is 9.94. The lowest BCUT2D eigenvalue weighted by Gasteiger charge is -2.31. The van der Waals surface area contributed by atoms with Crippen LogP contribution in [0.25, 0.3) is 0 Å². The average molecular weight is 493 g/mol. The van der Waals surface area contributed by atoms with Gasteiger partial charge in [0.25, 0.3) is 0 Å². The number of halogens is 1. The van der Waals surface area contributed by atoms with Crippen LogP contribution in [-0.4, -0.2) is 38.3 Å².